The molecule has 0 aromatic heterocycles. The molecule has 2 aliphatic heterocycles. The summed E-state index contributed by atoms with van der Waals surface area (Å²) in [6, 6.07) is 12.5. The molecule has 0 saturated carbocycles. The van der Waals surface area contributed by atoms with E-state index in [2.05, 4.69) is 0 Å². The summed E-state index contributed by atoms with van der Waals surface area (Å²) in [4.78, 5) is 15.1. The van der Waals surface area contributed by atoms with Crippen molar-refractivity contribution in [1.29, 1.82) is 0 Å². The molecular weight excluding hydrogens is 403 g/mol. The molecule has 0 unspecified atom stereocenters. The van der Waals surface area contributed by atoms with Crippen LogP contribution in [0.2, 0.25) is 0 Å². The lowest BCUT2D eigenvalue weighted by Crippen LogP contribution is -2.41. The highest BCUT2D eigenvalue weighted by Crippen LogP contribution is 2.33. The van der Waals surface area contributed by atoms with Gasteiger partial charge in [-0.15, -0.1) is 0 Å². The van der Waals surface area contributed by atoms with E-state index in [0.717, 1.165) is 37.7 Å². The normalized spacial score (nSPS) is 22.9. The Balaban J connectivity index is 1.53. The standard InChI is InChI=1S/C23H27FN2O3S/c1-17-5-2-3-16-26(17)30(28,29)21-13-9-19(10-14-21)23(27)25-15-4-6-22(25)18-7-11-20(24)12-8-18/h7-14,17,22H,2-6,15-16H2,1H3/t17-,22-/m0/s1. The van der Waals surface area contributed by atoms with Gasteiger partial charge in [0, 0.05) is 24.7 Å². The summed E-state index contributed by atoms with van der Waals surface area (Å²) in [5.41, 5.74) is 1.38. The van der Waals surface area contributed by atoms with Gasteiger partial charge in [0.15, 0.2) is 0 Å². The molecule has 0 bridgehead atoms. The minimum atomic E-state index is -3.56. The van der Waals surface area contributed by atoms with Crippen LogP contribution in [0.5, 0.6) is 0 Å². The van der Waals surface area contributed by atoms with Gasteiger partial charge in [0.2, 0.25) is 10.0 Å². The van der Waals surface area contributed by atoms with E-state index in [1.165, 1.54) is 24.3 Å². The number of piperidine rings is 1. The van der Waals surface area contributed by atoms with Crippen LogP contribution >= 0.6 is 0 Å². The van der Waals surface area contributed by atoms with E-state index >= 15 is 0 Å². The van der Waals surface area contributed by atoms with Gasteiger partial charge < -0.3 is 4.90 Å². The van der Waals surface area contributed by atoms with Gasteiger partial charge in [-0.25, -0.2) is 12.8 Å². The van der Waals surface area contributed by atoms with Crippen LogP contribution in [0.1, 0.15) is 61.0 Å². The zero-order chi connectivity index (χ0) is 21.3. The second kappa shape index (κ2) is 8.47. The van der Waals surface area contributed by atoms with Gasteiger partial charge >= 0.3 is 0 Å². The van der Waals surface area contributed by atoms with E-state index < -0.39 is 10.0 Å². The third kappa shape index (κ3) is 4.01. The van der Waals surface area contributed by atoms with Crippen LogP contribution in [0.15, 0.2) is 53.4 Å². The molecule has 2 aliphatic rings. The quantitative estimate of drug-likeness (QED) is 0.724. The van der Waals surface area contributed by atoms with Crippen LogP contribution in [0.3, 0.4) is 0 Å². The Bertz CT molecular complexity index is 1010. The second-order valence-corrected chi connectivity index (χ2v) is 10.1. The number of hydrogen-bond donors (Lipinski definition) is 0. The van der Waals surface area contributed by atoms with E-state index in [1.807, 2.05) is 6.92 Å². The summed E-state index contributed by atoms with van der Waals surface area (Å²) in [7, 11) is -3.56. The number of hydrogen-bond acceptors (Lipinski definition) is 3. The molecule has 0 spiro atoms. The van der Waals surface area contributed by atoms with Crippen LogP contribution in [0.25, 0.3) is 0 Å². The summed E-state index contributed by atoms with van der Waals surface area (Å²) < 4.78 is 40.8. The number of amides is 1. The molecule has 2 aromatic carbocycles. The van der Waals surface area contributed by atoms with E-state index in [4.69, 9.17) is 0 Å². The summed E-state index contributed by atoms with van der Waals surface area (Å²) in [5, 5.41) is 0. The number of halogens is 1. The van der Waals surface area contributed by atoms with E-state index in [-0.39, 0.29) is 28.7 Å². The number of likely N-dealkylation sites (tertiary alicyclic amines) is 1. The molecular formula is C23H27FN2O3S. The molecule has 2 saturated heterocycles. The molecule has 1 amide bonds. The Morgan fingerprint density at radius 3 is 2.30 bits per heavy atom. The highest BCUT2D eigenvalue weighted by atomic mass is 32.2. The first-order chi connectivity index (χ1) is 14.4. The topological polar surface area (TPSA) is 57.7 Å². The molecule has 0 radical (unpaired) electrons. The SMILES string of the molecule is C[C@H]1CCCCN1S(=O)(=O)c1ccc(C(=O)N2CCC[C@H]2c2ccc(F)cc2)cc1. The molecule has 7 heteroatoms. The molecule has 2 fully saturated rings. The molecule has 5 nitrogen and oxygen atoms in total. The van der Waals surface area contributed by atoms with Crippen LogP contribution in [-0.2, 0) is 10.0 Å². The fraction of sp³-hybridized carbons (Fsp3) is 0.435. The van der Waals surface area contributed by atoms with Crippen molar-refractivity contribution < 1.29 is 17.6 Å². The number of sulfonamides is 1. The Labute approximate surface area is 177 Å². The van der Waals surface area contributed by atoms with Gasteiger partial charge in [-0.05, 0) is 74.6 Å². The van der Waals surface area contributed by atoms with Crippen molar-refractivity contribution in [2.75, 3.05) is 13.1 Å². The van der Waals surface area contributed by atoms with Gasteiger partial charge in [0.25, 0.3) is 5.91 Å². The third-order valence-electron chi connectivity index (χ3n) is 6.22. The largest absolute Gasteiger partial charge is 0.332 e. The summed E-state index contributed by atoms with van der Waals surface area (Å²) >= 11 is 0. The zero-order valence-corrected chi connectivity index (χ0v) is 17.9. The van der Waals surface area contributed by atoms with Crippen molar-refractivity contribution in [3.05, 3.63) is 65.5 Å². The van der Waals surface area contributed by atoms with Crippen molar-refractivity contribution in [3.8, 4) is 0 Å². The van der Waals surface area contributed by atoms with Crippen LogP contribution in [0, 0.1) is 5.82 Å². The number of nitrogens with zero attached hydrogens (tertiary/aromatic N) is 2. The van der Waals surface area contributed by atoms with Gasteiger partial charge in [-0.2, -0.15) is 4.31 Å². The first kappa shape index (κ1) is 21.0. The van der Waals surface area contributed by atoms with Crippen molar-refractivity contribution >= 4 is 15.9 Å². The lowest BCUT2D eigenvalue weighted by atomic mass is 10.0. The predicted molar refractivity (Wildman–Crippen MR) is 113 cm³/mol. The minimum absolute atomic E-state index is 0.00822. The van der Waals surface area contributed by atoms with Crippen LogP contribution < -0.4 is 0 Å². The van der Waals surface area contributed by atoms with E-state index in [9.17, 15) is 17.6 Å². The van der Waals surface area contributed by atoms with Crippen LogP contribution in [-0.4, -0.2) is 42.7 Å². The van der Waals surface area contributed by atoms with Crippen molar-refractivity contribution in [2.24, 2.45) is 0 Å². The summed E-state index contributed by atoms with van der Waals surface area (Å²) in [6.07, 6.45) is 4.50. The first-order valence-electron chi connectivity index (χ1n) is 10.6. The first-order valence-corrected chi connectivity index (χ1v) is 12.0. The lowest BCUT2D eigenvalue weighted by Gasteiger charge is -2.32. The minimum Gasteiger partial charge on any atom is -0.332 e. The molecule has 2 heterocycles. The molecule has 2 aromatic rings. The van der Waals surface area contributed by atoms with Crippen molar-refractivity contribution in [3.63, 3.8) is 0 Å². The number of rotatable bonds is 4. The summed E-state index contributed by atoms with van der Waals surface area (Å²) in [6.45, 7) is 3.11. The average molecular weight is 431 g/mol. The molecule has 2 atom stereocenters. The Hall–Kier alpha value is -2.25. The average Bonchev–Trinajstić information content (AvgIpc) is 3.24. The highest BCUT2D eigenvalue weighted by Gasteiger charge is 2.33. The molecule has 4 rings (SSSR count). The monoisotopic (exact) mass is 430 g/mol. The maximum absolute atomic E-state index is 13.3. The van der Waals surface area contributed by atoms with E-state index in [1.54, 1.807) is 33.5 Å². The van der Waals surface area contributed by atoms with Crippen molar-refractivity contribution in [1.82, 2.24) is 9.21 Å². The fourth-order valence-electron chi connectivity index (χ4n) is 4.54. The van der Waals surface area contributed by atoms with E-state index in [0.29, 0.717) is 18.7 Å². The van der Waals surface area contributed by atoms with Crippen molar-refractivity contribution in [2.45, 2.75) is 56.0 Å². The van der Waals surface area contributed by atoms with Gasteiger partial charge in [0.1, 0.15) is 5.82 Å². The molecule has 0 aliphatic carbocycles. The maximum atomic E-state index is 13.3. The Morgan fingerprint density at radius 1 is 0.933 bits per heavy atom. The maximum Gasteiger partial charge on any atom is 0.254 e. The van der Waals surface area contributed by atoms with Gasteiger partial charge in [0.05, 0.1) is 10.9 Å². The van der Waals surface area contributed by atoms with Gasteiger partial charge in [-0.1, -0.05) is 18.6 Å². The van der Waals surface area contributed by atoms with Gasteiger partial charge in [-0.3, -0.25) is 4.79 Å². The lowest BCUT2D eigenvalue weighted by molar-refractivity contribution is 0.0735. The highest BCUT2D eigenvalue weighted by molar-refractivity contribution is 7.89. The zero-order valence-electron chi connectivity index (χ0n) is 17.1. The summed E-state index contributed by atoms with van der Waals surface area (Å²) in [5.74, 6) is -0.424. The number of benzene rings is 2. The molecule has 30 heavy (non-hydrogen) atoms. The predicted octanol–water partition coefficient (Wildman–Crippen LogP) is 4.37. The number of carbonyl (C=O) groups excluding carboxylic acids is 1. The molecule has 0 N–H and O–H groups in total. The Morgan fingerprint density at radius 2 is 1.63 bits per heavy atom. The fourth-order valence-corrected chi connectivity index (χ4v) is 6.24. The third-order valence-corrected chi connectivity index (χ3v) is 8.25. The Kier molecular flexibility index (Phi) is 5.93. The molecule has 160 valence electrons. The smallest absolute Gasteiger partial charge is 0.254 e. The number of carbonyl (C=O) groups is 1. The van der Waals surface area contributed by atoms with Crippen LogP contribution in [0.4, 0.5) is 4.39 Å². The second-order valence-electron chi connectivity index (χ2n) is 8.19.